The van der Waals surface area contributed by atoms with E-state index < -0.39 is 11.7 Å². The fourth-order valence-corrected chi connectivity index (χ4v) is 1.72. The number of rotatable bonds is 3. The summed E-state index contributed by atoms with van der Waals surface area (Å²) in [4.78, 5) is 11.4. The van der Waals surface area contributed by atoms with Crippen LogP contribution in [-0.4, -0.2) is 18.2 Å². The van der Waals surface area contributed by atoms with Gasteiger partial charge in [0.25, 0.3) is 0 Å². The third kappa shape index (κ3) is 5.53. The minimum absolute atomic E-state index is 0.370. The molecular weight excluding hydrogens is 276 g/mol. The summed E-state index contributed by atoms with van der Waals surface area (Å²) in [7, 11) is 0. The van der Waals surface area contributed by atoms with Crippen LogP contribution in [0.25, 0.3) is 6.08 Å². The highest BCUT2D eigenvalue weighted by atomic mass is 35.5. The number of carbonyl (C=O) groups is 1. The Hall–Kier alpha value is -1.68. The Kier molecular flexibility index (Phi) is 5.45. The summed E-state index contributed by atoms with van der Waals surface area (Å²) in [5.74, 6) is 0. The van der Waals surface area contributed by atoms with Gasteiger partial charge in [0, 0.05) is 17.3 Å². The van der Waals surface area contributed by atoms with Gasteiger partial charge in [0.2, 0.25) is 0 Å². The maximum absolute atomic E-state index is 11.4. The van der Waals surface area contributed by atoms with E-state index in [1.165, 1.54) is 0 Å². The number of hydrogen-bond acceptors (Lipinski definition) is 3. The smallest absolute Gasteiger partial charge is 0.407 e. The first-order valence-corrected chi connectivity index (χ1v) is 6.76. The Labute approximate surface area is 124 Å². The van der Waals surface area contributed by atoms with Crippen molar-refractivity contribution in [1.29, 1.82) is 0 Å². The van der Waals surface area contributed by atoms with Gasteiger partial charge in [-0.3, -0.25) is 0 Å². The number of nitrogens with one attached hydrogen (secondary N) is 1. The number of hydrogen-bond donors (Lipinski definition) is 2. The lowest BCUT2D eigenvalue weighted by atomic mass is 10.1. The zero-order chi connectivity index (χ0) is 15.3. The second kappa shape index (κ2) is 6.66. The van der Waals surface area contributed by atoms with Crippen LogP contribution in [0.1, 0.15) is 31.9 Å². The molecule has 20 heavy (non-hydrogen) atoms. The van der Waals surface area contributed by atoms with E-state index in [0.717, 1.165) is 11.1 Å². The van der Waals surface area contributed by atoms with Crippen LogP contribution in [0.15, 0.2) is 18.2 Å². The van der Waals surface area contributed by atoms with Crippen molar-refractivity contribution in [2.24, 2.45) is 0 Å². The van der Waals surface area contributed by atoms with Gasteiger partial charge in [-0.15, -0.1) is 0 Å². The highest BCUT2D eigenvalue weighted by molar-refractivity contribution is 6.32. The number of ether oxygens (including phenoxy) is 1. The molecule has 3 N–H and O–H groups in total. The predicted octanol–water partition coefficient (Wildman–Crippen LogP) is 3.77. The number of amides is 1. The molecule has 0 fully saturated rings. The van der Waals surface area contributed by atoms with Crippen LogP contribution >= 0.6 is 11.6 Å². The number of nitrogens with two attached hydrogens (primary N) is 1. The first kappa shape index (κ1) is 16.4. The molecular formula is C15H21ClN2O2. The molecule has 4 nitrogen and oxygen atoms in total. The number of aryl methyl sites for hydroxylation is 1. The van der Waals surface area contributed by atoms with E-state index in [9.17, 15) is 4.79 Å². The molecule has 1 aromatic carbocycles. The van der Waals surface area contributed by atoms with Crippen molar-refractivity contribution >= 4 is 29.5 Å². The summed E-state index contributed by atoms with van der Waals surface area (Å²) in [6.45, 7) is 7.74. The summed E-state index contributed by atoms with van der Waals surface area (Å²) >= 11 is 6.09. The van der Waals surface area contributed by atoms with Crippen molar-refractivity contribution < 1.29 is 9.53 Å². The first-order valence-electron chi connectivity index (χ1n) is 6.38. The van der Waals surface area contributed by atoms with Crippen LogP contribution < -0.4 is 11.1 Å². The number of halogens is 1. The lowest BCUT2D eigenvalue weighted by Crippen LogP contribution is -2.32. The van der Waals surface area contributed by atoms with Crippen LogP contribution in [0.2, 0.25) is 5.02 Å². The van der Waals surface area contributed by atoms with Gasteiger partial charge in [-0.2, -0.15) is 0 Å². The molecule has 0 bridgehead atoms. The second-order valence-corrected chi connectivity index (χ2v) is 5.92. The van der Waals surface area contributed by atoms with Gasteiger partial charge in [0.1, 0.15) is 5.60 Å². The normalized spacial score (nSPS) is 11.7. The van der Waals surface area contributed by atoms with Crippen LogP contribution in [0.4, 0.5) is 10.5 Å². The SMILES string of the molecule is Cc1cc(C=CCNC(=O)OC(C)(C)C)c(Cl)cc1N. The van der Waals surface area contributed by atoms with Crippen molar-refractivity contribution in [3.05, 3.63) is 34.4 Å². The molecule has 1 amide bonds. The van der Waals surface area contributed by atoms with Crippen LogP contribution in [0, 0.1) is 6.92 Å². The van der Waals surface area contributed by atoms with Crippen LogP contribution in [-0.2, 0) is 4.74 Å². The van der Waals surface area contributed by atoms with E-state index in [0.29, 0.717) is 17.3 Å². The molecule has 0 spiro atoms. The molecule has 0 heterocycles. The average molecular weight is 297 g/mol. The fourth-order valence-electron chi connectivity index (χ4n) is 1.49. The summed E-state index contributed by atoms with van der Waals surface area (Å²) in [6.07, 6.45) is 3.20. The zero-order valence-corrected chi connectivity index (χ0v) is 13.0. The highest BCUT2D eigenvalue weighted by Gasteiger charge is 2.14. The summed E-state index contributed by atoms with van der Waals surface area (Å²) in [5, 5.41) is 3.22. The van der Waals surface area contributed by atoms with Crippen molar-refractivity contribution in [1.82, 2.24) is 5.32 Å². The van der Waals surface area contributed by atoms with Gasteiger partial charge in [-0.05, 0) is 51.0 Å². The van der Waals surface area contributed by atoms with Crippen molar-refractivity contribution in [2.45, 2.75) is 33.3 Å². The van der Waals surface area contributed by atoms with E-state index in [4.69, 9.17) is 22.1 Å². The van der Waals surface area contributed by atoms with E-state index in [1.54, 1.807) is 12.1 Å². The lowest BCUT2D eigenvalue weighted by Gasteiger charge is -2.19. The monoisotopic (exact) mass is 296 g/mol. The maximum Gasteiger partial charge on any atom is 0.407 e. The standard InChI is InChI=1S/C15H21ClN2O2/c1-10-8-11(12(16)9-13(10)17)6-5-7-18-14(19)20-15(2,3)4/h5-6,8-9H,7,17H2,1-4H3,(H,18,19). The molecule has 0 aliphatic rings. The summed E-state index contributed by atoms with van der Waals surface area (Å²) < 4.78 is 5.12. The van der Waals surface area contributed by atoms with Crippen molar-refractivity contribution in [3.8, 4) is 0 Å². The quantitative estimate of drug-likeness (QED) is 0.835. The minimum atomic E-state index is -0.495. The highest BCUT2D eigenvalue weighted by Crippen LogP contribution is 2.23. The Morgan fingerprint density at radius 1 is 1.45 bits per heavy atom. The molecule has 110 valence electrons. The first-order chi connectivity index (χ1) is 9.19. The topological polar surface area (TPSA) is 64.3 Å². The van der Waals surface area contributed by atoms with Gasteiger partial charge in [0.05, 0.1) is 0 Å². The Morgan fingerprint density at radius 2 is 2.10 bits per heavy atom. The predicted molar refractivity (Wildman–Crippen MR) is 83.9 cm³/mol. The van der Waals surface area contributed by atoms with E-state index in [1.807, 2.05) is 39.8 Å². The molecule has 0 saturated heterocycles. The van der Waals surface area contributed by atoms with Crippen molar-refractivity contribution in [3.63, 3.8) is 0 Å². The van der Waals surface area contributed by atoms with Crippen LogP contribution in [0.5, 0.6) is 0 Å². The fraction of sp³-hybridized carbons (Fsp3) is 0.400. The number of nitrogen functional groups attached to an aromatic ring is 1. The molecule has 0 aromatic heterocycles. The Morgan fingerprint density at radius 3 is 2.70 bits per heavy atom. The van der Waals surface area contributed by atoms with Crippen LogP contribution in [0.3, 0.4) is 0 Å². The second-order valence-electron chi connectivity index (χ2n) is 5.52. The molecule has 1 rings (SSSR count). The maximum atomic E-state index is 11.4. The molecule has 0 saturated carbocycles. The summed E-state index contributed by atoms with van der Waals surface area (Å²) in [6, 6.07) is 3.62. The molecule has 0 aliphatic carbocycles. The van der Waals surface area contributed by atoms with Gasteiger partial charge in [-0.25, -0.2) is 4.79 Å². The molecule has 0 radical (unpaired) electrons. The number of benzene rings is 1. The third-order valence-electron chi connectivity index (χ3n) is 2.45. The summed E-state index contributed by atoms with van der Waals surface area (Å²) in [5.41, 5.74) is 7.76. The Bertz CT molecular complexity index is 519. The number of alkyl carbamates (subject to hydrolysis) is 1. The largest absolute Gasteiger partial charge is 0.444 e. The van der Waals surface area contributed by atoms with E-state index in [2.05, 4.69) is 5.32 Å². The molecule has 1 aromatic rings. The third-order valence-corrected chi connectivity index (χ3v) is 2.77. The van der Waals surface area contributed by atoms with Gasteiger partial charge in [-0.1, -0.05) is 23.8 Å². The molecule has 0 unspecified atom stereocenters. The average Bonchev–Trinajstić information content (AvgIpc) is 2.28. The lowest BCUT2D eigenvalue weighted by molar-refractivity contribution is 0.0534. The molecule has 5 heteroatoms. The number of anilines is 1. The molecule has 0 atom stereocenters. The Balaban J connectivity index is 2.54. The number of carbonyl (C=O) groups excluding carboxylic acids is 1. The van der Waals surface area contributed by atoms with Crippen molar-refractivity contribution in [2.75, 3.05) is 12.3 Å². The van der Waals surface area contributed by atoms with E-state index in [-0.39, 0.29) is 0 Å². The minimum Gasteiger partial charge on any atom is -0.444 e. The van der Waals surface area contributed by atoms with Gasteiger partial charge >= 0.3 is 6.09 Å². The molecule has 0 aliphatic heterocycles. The van der Waals surface area contributed by atoms with Gasteiger partial charge < -0.3 is 15.8 Å². The van der Waals surface area contributed by atoms with E-state index >= 15 is 0 Å². The van der Waals surface area contributed by atoms with Gasteiger partial charge in [0.15, 0.2) is 0 Å². The zero-order valence-electron chi connectivity index (χ0n) is 12.3.